The number of benzene rings is 2. The monoisotopic (exact) mass is 341 g/mol. The summed E-state index contributed by atoms with van der Waals surface area (Å²) in [7, 11) is -4.64. The van der Waals surface area contributed by atoms with Gasteiger partial charge in [0.1, 0.15) is 0 Å². The largest absolute Gasteiger partial charge is 0.392 e. The van der Waals surface area contributed by atoms with E-state index in [9.17, 15) is 17.2 Å². The van der Waals surface area contributed by atoms with E-state index in [-0.39, 0.29) is 12.3 Å². The third-order valence-electron chi connectivity index (χ3n) is 3.36. The van der Waals surface area contributed by atoms with Gasteiger partial charge < -0.3 is 10.4 Å². The Bertz CT molecular complexity index is 746. The Hall–Kier alpha value is -1.99. The molecule has 0 amide bonds. The molecule has 0 fully saturated rings. The van der Waals surface area contributed by atoms with Crippen LogP contribution >= 0.6 is 0 Å². The van der Waals surface area contributed by atoms with Crippen LogP contribution in [0.4, 0.5) is 14.5 Å². The van der Waals surface area contributed by atoms with Crippen molar-refractivity contribution in [3.05, 3.63) is 59.7 Å². The minimum atomic E-state index is -4.64. The van der Waals surface area contributed by atoms with E-state index in [1.54, 1.807) is 18.2 Å². The standard InChI is InChI=1S/C16H17F2NO3S/c17-16(18)23(21,22)15-4-2-1-3-14(15)19-10-9-12-5-7-13(11-20)8-6-12/h1-8,16,19-20H,9-11H2. The Balaban J connectivity index is 2.06. The molecule has 0 aliphatic rings. The van der Waals surface area contributed by atoms with Crippen LogP contribution in [-0.4, -0.2) is 25.8 Å². The van der Waals surface area contributed by atoms with Crippen molar-refractivity contribution in [2.24, 2.45) is 0 Å². The second kappa shape index (κ2) is 7.52. The number of nitrogens with one attached hydrogen (secondary N) is 1. The lowest BCUT2D eigenvalue weighted by atomic mass is 10.1. The first-order valence-electron chi connectivity index (χ1n) is 6.99. The van der Waals surface area contributed by atoms with E-state index in [2.05, 4.69) is 5.32 Å². The van der Waals surface area contributed by atoms with Crippen molar-refractivity contribution in [1.29, 1.82) is 0 Å². The average molecular weight is 341 g/mol. The maximum atomic E-state index is 12.7. The molecule has 2 aromatic carbocycles. The van der Waals surface area contributed by atoms with Crippen LogP contribution < -0.4 is 5.32 Å². The zero-order valence-corrected chi connectivity index (χ0v) is 13.1. The quantitative estimate of drug-likeness (QED) is 0.813. The van der Waals surface area contributed by atoms with Gasteiger partial charge in [-0.1, -0.05) is 36.4 Å². The van der Waals surface area contributed by atoms with Crippen molar-refractivity contribution in [2.75, 3.05) is 11.9 Å². The van der Waals surface area contributed by atoms with Gasteiger partial charge >= 0.3 is 5.76 Å². The number of hydrogen-bond donors (Lipinski definition) is 2. The Labute approximate surface area is 133 Å². The van der Waals surface area contributed by atoms with E-state index in [1.807, 2.05) is 12.1 Å². The maximum Gasteiger partial charge on any atom is 0.341 e. The first-order chi connectivity index (χ1) is 10.9. The van der Waals surface area contributed by atoms with Crippen LogP contribution in [0.5, 0.6) is 0 Å². The average Bonchev–Trinajstić information content (AvgIpc) is 2.55. The van der Waals surface area contributed by atoms with Crippen LogP contribution in [-0.2, 0) is 22.9 Å². The topological polar surface area (TPSA) is 66.4 Å². The Morgan fingerprint density at radius 2 is 1.61 bits per heavy atom. The normalized spacial score (nSPS) is 11.7. The fourth-order valence-corrected chi connectivity index (χ4v) is 3.02. The summed E-state index contributed by atoms with van der Waals surface area (Å²) in [4.78, 5) is -0.398. The van der Waals surface area contributed by atoms with Crippen LogP contribution in [0.2, 0.25) is 0 Å². The molecular weight excluding hydrogens is 324 g/mol. The SMILES string of the molecule is O=S(=O)(c1ccccc1NCCc1ccc(CO)cc1)C(F)F. The summed E-state index contributed by atoms with van der Waals surface area (Å²) >= 11 is 0. The van der Waals surface area contributed by atoms with Gasteiger partial charge in [0.2, 0.25) is 9.84 Å². The molecule has 0 saturated carbocycles. The Morgan fingerprint density at radius 1 is 1.00 bits per heavy atom. The fourth-order valence-electron chi connectivity index (χ4n) is 2.11. The zero-order chi connectivity index (χ0) is 16.9. The fraction of sp³-hybridized carbons (Fsp3) is 0.250. The van der Waals surface area contributed by atoms with Crippen LogP contribution in [0.15, 0.2) is 53.4 Å². The predicted octanol–water partition coefficient (Wildman–Crippen LogP) is 2.83. The zero-order valence-electron chi connectivity index (χ0n) is 12.2. The van der Waals surface area contributed by atoms with Gasteiger partial charge in [0.25, 0.3) is 0 Å². The number of halogens is 2. The summed E-state index contributed by atoms with van der Waals surface area (Å²) in [5, 5.41) is 11.9. The second-order valence-corrected chi connectivity index (χ2v) is 6.84. The van der Waals surface area contributed by atoms with Gasteiger partial charge in [0.05, 0.1) is 17.2 Å². The van der Waals surface area contributed by atoms with Gasteiger partial charge in [-0.3, -0.25) is 0 Å². The number of rotatable bonds is 7. The molecule has 0 aromatic heterocycles. The van der Waals surface area contributed by atoms with Gasteiger partial charge in [-0.25, -0.2) is 8.42 Å². The third kappa shape index (κ3) is 4.27. The van der Waals surface area contributed by atoms with Gasteiger partial charge in [0.15, 0.2) is 0 Å². The minimum absolute atomic E-state index is 0.0304. The van der Waals surface area contributed by atoms with E-state index < -0.39 is 20.5 Å². The number of aliphatic hydroxyl groups excluding tert-OH is 1. The minimum Gasteiger partial charge on any atom is -0.392 e. The first kappa shape index (κ1) is 17.4. The molecule has 2 aromatic rings. The van der Waals surface area contributed by atoms with E-state index >= 15 is 0 Å². The molecule has 0 radical (unpaired) electrons. The highest BCUT2D eigenvalue weighted by Crippen LogP contribution is 2.26. The molecule has 2 rings (SSSR count). The van der Waals surface area contributed by atoms with Crippen molar-refractivity contribution in [3.8, 4) is 0 Å². The number of anilines is 1. The highest BCUT2D eigenvalue weighted by Gasteiger charge is 2.28. The molecule has 0 atom stereocenters. The molecule has 0 spiro atoms. The van der Waals surface area contributed by atoms with Crippen LogP contribution in [0, 0.1) is 0 Å². The molecule has 7 heteroatoms. The Kier molecular flexibility index (Phi) is 5.68. The molecule has 2 N–H and O–H groups in total. The third-order valence-corrected chi connectivity index (χ3v) is 4.80. The van der Waals surface area contributed by atoms with Crippen molar-refractivity contribution in [3.63, 3.8) is 0 Å². The number of aliphatic hydroxyl groups is 1. The molecule has 0 unspecified atom stereocenters. The van der Waals surface area contributed by atoms with Crippen molar-refractivity contribution < 1.29 is 22.3 Å². The summed E-state index contributed by atoms with van der Waals surface area (Å²) in [6.45, 7) is 0.367. The summed E-state index contributed by atoms with van der Waals surface area (Å²) < 4.78 is 48.7. The lowest BCUT2D eigenvalue weighted by molar-refractivity contribution is 0.235. The molecule has 0 saturated heterocycles. The molecule has 0 aliphatic carbocycles. The lowest BCUT2D eigenvalue weighted by Crippen LogP contribution is -2.15. The first-order valence-corrected chi connectivity index (χ1v) is 8.53. The van der Waals surface area contributed by atoms with Crippen molar-refractivity contribution >= 4 is 15.5 Å². The van der Waals surface area contributed by atoms with E-state index in [0.29, 0.717) is 13.0 Å². The number of alkyl halides is 2. The maximum absolute atomic E-state index is 12.7. The number of hydrogen-bond acceptors (Lipinski definition) is 4. The van der Waals surface area contributed by atoms with E-state index in [1.165, 1.54) is 18.2 Å². The summed E-state index contributed by atoms with van der Waals surface area (Å²) in [6, 6.07) is 12.9. The highest BCUT2D eigenvalue weighted by molar-refractivity contribution is 7.91. The van der Waals surface area contributed by atoms with Gasteiger partial charge in [0, 0.05) is 6.54 Å². The molecule has 4 nitrogen and oxygen atoms in total. The number of sulfone groups is 1. The molecule has 23 heavy (non-hydrogen) atoms. The van der Waals surface area contributed by atoms with Gasteiger partial charge in [-0.05, 0) is 29.7 Å². The molecule has 0 heterocycles. The van der Waals surface area contributed by atoms with Crippen molar-refractivity contribution in [1.82, 2.24) is 0 Å². The lowest BCUT2D eigenvalue weighted by Gasteiger charge is -2.12. The second-order valence-electron chi connectivity index (χ2n) is 4.95. The summed E-state index contributed by atoms with van der Waals surface area (Å²) in [6.07, 6.45) is 0.592. The van der Waals surface area contributed by atoms with Crippen LogP contribution in [0.1, 0.15) is 11.1 Å². The molecular formula is C16H17F2NO3S. The number of para-hydroxylation sites is 1. The highest BCUT2D eigenvalue weighted by atomic mass is 32.2. The Morgan fingerprint density at radius 3 is 2.22 bits per heavy atom. The van der Waals surface area contributed by atoms with Crippen LogP contribution in [0.3, 0.4) is 0 Å². The predicted molar refractivity (Wildman–Crippen MR) is 84.2 cm³/mol. The summed E-state index contributed by atoms with van der Waals surface area (Å²) in [5.41, 5.74) is 1.96. The van der Waals surface area contributed by atoms with Crippen LogP contribution in [0.25, 0.3) is 0 Å². The molecule has 124 valence electrons. The molecule has 0 bridgehead atoms. The smallest absolute Gasteiger partial charge is 0.341 e. The van der Waals surface area contributed by atoms with E-state index in [4.69, 9.17) is 5.11 Å². The molecule has 0 aliphatic heterocycles. The summed E-state index contributed by atoms with van der Waals surface area (Å²) in [5.74, 6) is -3.45. The van der Waals surface area contributed by atoms with Crippen molar-refractivity contribution in [2.45, 2.75) is 23.7 Å². The van der Waals surface area contributed by atoms with E-state index in [0.717, 1.165) is 11.1 Å². The van der Waals surface area contributed by atoms with Gasteiger partial charge in [-0.2, -0.15) is 8.78 Å². The van der Waals surface area contributed by atoms with Gasteiger partial charge in [-0.15, -0.1) is 0 Å².